The zero-order valence-corrected chi connectivity index (χ0v) is 15.9. The predicted molar refractivity (Wildman–Crippen MR) is 107 cm³/mol. The minimum absolute atomic E-state index is 0.0943. The zero-order chi connectivity index (χ0) is 20.1. The van der Waals surface area contributed by atoms with Crippen LogP contribution < -0.4 is 10.9 Å². The van der Waals surface area contributed by atoms with E-state index in [9.17, 15) is 9.18 Å². The number of rotatable bonds is 3. The van der Waals surface area contributed by atoms with Crippen molar-refractivity contribution in [3.63, 3.8) is 0 Å². The maximum Gasteiger partial charge on any atom is 0.272 e. The quantitative estimate of drug-likeness (QED) is 0.559. The SMILES string of the molecule is CC(C)n1ncnc1C1c2n[nH]c(=O)c3cc(F)cc(c23)NC1c1ccccc1. The van der Waals surface area contributed by atoms with E-state index in [4.69, 9.17) is 0 Å². The Kier molecular flexibility index (Phi) is 3.94. The summed E-state index contributed by atoms with van der Waals surface area (Å²) in [5.74, 6) is -0.0601. The maximum atomic E-state index is 14.3. The van der Waals surface area contributed by atoms with Crippen molar-refractivity contribution < 1.29 is 4.39 Å². The number of halogens is 1. The summed E-state index contributed by atoms with van der Waals surface area (Å²) in [7, 11) is 0. The number of hydrogen-bond donors (Lipinski definition) is 2. The molecule has 1 aliphatic heterocycles. The highest BCUT2D eigenvalue weighted by atomic mass is 19.1. The van der Waals surface area contributed by atoms with Gasteiger partial charge in [0, 0.05) is 17.1 Å². The monoisotopic (exact) mass is 390 g/mol. The van der Waals surface area contributed by atoms with E-state index in [1.54, 1.807) is 0 Å². The van der Waals surface area contributed by atoms with Crippen LogP contribution in [0.2, 0.25) is 0 Å². The predicted octanol–water partition coefficient (Wildman–Crippen LogP) is 3.53. The van der Waals surface area contributed by atoms with Crippen LogP contribution in [-0.4, -0.2) is 25.0 Å². The molecule has 2 aromatic heterocycles. The summed E-state index contributed by atoms with van der Waals surface area (Å²) in [6.07, 6.45) is 1.53. The molecule has 0 spiro atoms. The average molecular weight is 390 g/mol. The van der Waals surface area contributed by atoms with Crippen LogP contribution in [0.5, 0.6) is 0 Å². The number of nitrogens with zero attached hydrogens (tertiary/aromatic N) is 4. The second-order valence-electron chi connectivity index (χ2n) is 7.48. The largest absolute Gasteiger partial charge is 0.376 e. The van der Waals surface area contributed by atoms with Gasteiger partial charge < -0.3 is 5.32 Å². The summed E-state index contributed by atoms with van der Waals surface area (Å²) in [5, 5.41) is 15.6. The van der Waals surface area contributed by atoms with Crippen LogP contribution >= 0.6 is 0 Å². The Morgan fingerprint density at radius 2 is 1.97 bits per heavy atom. The number of aromatic nitrogens is 5. The molecule has 0 radical (unpaired) electrons. The number of aromatic amines is 1. The molecule has 8 heteroatoms. The second kappa shape index (κ2) is 6.51. The normalized spacial score (nSPS) is 18.2. The van der Waals surface area contributed by atoms with Crippen LogP contribution in [0.15, 0.2) is 53.6 Å². The highest BCUT2D eigenvalue weighted by molar-refractivity contribution is 5.97. The van der Waals surface area contributed by atoms with Crippen molar-refractivity contribution in [1.82, 2.24) is 25.0 Å². The van der Waals surface area contributed by atoms with Crippen molar-refractivity contribution in [2.75, 3.05) is 5.32 Å². The van der Waals surface area contributed by atoms with Crippen molar-refractivity contribution in [3.8, 4) is 0 Å². The number of H-pyrrole nitrogens is 1. The first-order valence-corrected chi connectivity index (χ1v) is 9.47. The van der Waals surface area contributed by atoms with E-state index in [0.717, 1.165) is 11.4 Å². The van der Waals surface area contributed by atoms with Crippen molar-refractivity contribution in [1.29, 1.82) is 0 Å². The summed E-state index contributed by atoms with van der Waals surface area (Å²) < 4.78 is 16.1. The lowest BCUT2D eigenvalue weighted by molar-refractivity contribution is 0.472. The Morgan fingerprint density at radius 3 is 2.72 bits per heavy atom. The fourth-order valence-electron chi connectivity index (χ4n) is 4.12. The summed E-state index contributed by atoms with van der Waals surface area (Å²) in [6, 6.07) is 12.4. The highest BCUT2D eigenvalue weighted by Crippen LogP contribution is 2.46. The van der Waals surface area contributed by atoms with Crippen molar-refractivity contribution in [3.05, 3.63) is 82.0 Å². The molecule has 0 saturated carbocycles. The smallest absolute Gasteiger partial charge is 0.272 e. The van der Waals surface area contributed by atoms with Crippen molar-refractivity contribution >= 4 is 16.5 Å². The molecule has 0 saturated heterocycles. The summed E-state index contributed by atoms with van der Waals surface area (Å²) >= 11 is 0. The topological polar surface area (TPSA) is 88.5 Å². The Morgan fingerprint density at radius 1 is 1.17 bits per heavy atom. The Labute approximate surface area is 165 Å². The van der Waals surface area contributed by atoms with E-state index in [0.29, 0.717) is 16.8 Å². The van der Waals surface area contributed by atoms with E-state index < -0.39 is 11.4 Å². The summed E-state index contributed by atoms with van der Waals surface area (Å²) in [6.45, 7) is 4.07. The van der Waals surface area contributed by atoms with Gasteiger partial charge in [0.25, 0.3) is 5.56 Å². The van der Waals surface area contributed by atoms with Crippen LogP contribution in [0, 0.1) is 5.82 Å². The lowest BCUT2D eigenvalue weighted by atomic mass is 9.83. The molecule has 4 aromatic rings. The maximum absolute atomic E-state index is 14.3. The highest BCUT2D eigenvalue weighted by Gasteiger charge is 2.38. The molecule has 2 N–H and O–H groups in total. The third-order valence-electron chi connectivity index (χ3n) is 5.35. The molecule has 7 nitrogen and oxygen atoms in total. The molecule has 29 heavy (non-hydrogen) atoms. The van der Waals surface area contributed by atoms with Crippen LogP contribution in [0.3, 0.4) is 0 Å². The molecule has 2 atom stereocenters. The van der Waals surface area contributed by atoms with Crippen molar-refractivity contribution in [2.45, 2.75) is 31.8 Å². The molecular formula is C21H19FN6O. The number of benzene rings is 2. The molecule has 0 bridgehead atoms. The zero-order valence-electron chi connectivity index (χ0n) is 15.9. The Hall–Kier alpha value is -3.55. The van der Waals surface area contributed by atoms with E-state index in [1.807, 2.05) is 48.9 Å². The second-order valence-corrected chi connectivity index (χ2v) is 7.48. The Balaban J connectivity index is 1.83. The van der Waals surface area contributed by atoms with E-state index >= 15 is 0 Å². The van der Waals surface area contributed by atoms with Gasteiger partial charge in [-0.15, -0.1) is 0 Å². The van der Waals surface area contributed by atoms with Crippen LogP contribution in [0.1, 0.15) is 48.9 Å². The average Bonchev–Trinajstić information content (AvgIpc) is 3.20. The fraction of sp³-hybridized carbons (Fsp3) is 0.238. The first kappa shape index (κ1) is 17.5. The van der Waals surface area contributed by atoms with Gasteiger partial charge in [-0.05, 0) is 31.5 Å². The molecule has 0 fully saturated rings. The molecular weight excluding hydrogens is 371 g/mol. The third-order valence-corrected chi connectivity index (χ3v) is 5.35. The van der Waals surface area contributed by atoms with Gasteiger partial charge in [-0.25, -0.2) is 19.2 Å². The lowest BCUT2D eigenvalue weighted by Gasteiger charge is -2.34. The summed E-state index contributed by atoms with van der Waals surface area (Å²) in [5.41, 5.74) is 1.78. The molecule has 0 amide bonds. The molecule has 2 unspecified atom stereocenters. The van der Waals surface area contributed by atoms with Gasteiger partial charge in [0.05, 0.1) is 23.0 Å². The van der Waals surface area contributed by atoms with E-state index in [2.05, 4.69) is 25.6 Å². The molecule has 5 rings (SSSR count). The van der Waals surface area contributed by atoms with E-state index in [-0.39, 0.29) is 23.4 Å². The van der Waals surface area contributed by atoms with Gasteiger partial charge >= 0.3 is 0 Å². The minimum atomic E-state index is -0.474. The van der Waals surface area contributed by atoms with Gasteiger partial charge in [0.2, 0.25) is 0 Å². The molecule has 1 aliphatic rings. The first-order chi connectivity index (χ1) is 14.0. The number of hydrogen-bond acceptors (Lipinski definition) is 5. The standard InChI is InChI=1S/C21H19FN6O/c1-11(2)28-20(23-10-24-28)17-18(12-6-4-3-5-7-12)25-15-9-13(22)8-14-16(15)19(17)26-27-21(14)29/h3-11,17-18,25H,1-2H3,(H,27,29). The third kappa shape index (κ3) is 2.71. The van der Waals surface area contributed by atoms with Crippen molar-refractivity contribution in [2.24, 2.45) is 0 Å². The van der Waals surface area contributed by atoms with Gasteiger partial charge in [-0.3, -0.25) is 4.79 Å². The summed E-state index contributed by atoms with van der Waals surface area (Å²) in [4.78, 5) is 16.9. The Bertz CT molecular complexity index is 1260. The van der Waals surface area contributed by atoms with E-state index in [1.165, 1.54) is 18.5 Å². The molecule has 146 valence electrons. The van der Waals surface area contributed by atoms with Gasteiger partial charge in [0.15, 0.2) is 0 Å². The number of nitrogens with one attached hydrogen (secondary N) is 2. The van der Waals surface area contributed by atoms with Gasteiger partial charge in [-0.2, -0.15) is 10.2 Å². The van der Waals surface area contributed by atoms with Gasteiger partial charge in [0.1, 0.15) is 18.0 Å². The first-order valence-electron chi connectivity index (χ1n) is 9.47. The minimum Gasteiger partial charge on any atom is -0.376 e. The number of anilines is 1. The fourth-order valence-corrected chi connectivity index (χ4v) is 4.12. The van der Waals surface area contributed by atoms with Crippen LogP contribution in [0.25, 0.3) is 10.8 Å². The van der Waals surface area contributed by atoms with Gasteiger partial charge in [-0.1, -0.05) is 30.3 Å². The molecule has 2 aromatic carbocycles. The lowest BCUT2D eigenvalue weighted by Crippen LogP contribution is -2.30. The molecule has 0 aliphatic carbocycles. The molecule has 3 heterocycles. The van der Waals surface area contributed by atoms with Crippen LogP contribution in [-0.2, 0) is 0 Å². The van der Waals surface area contributed by atoms with Crippen LogP contribution in [0.4, 0.5) is 10.1 Å².